The van der Waals surface area contributed by atoms with E-state index in [4.69, 9.17) is 4.98 Å². The van der Waals surface area contributed by atoms with Gasteiger partial charge in [-0.2, -0.15) is 5.10 Å². The van der Waals surface area contributed by atoms with Crippen LogP contribution in [0.3, 0.4) is 0 Å². The van der Waals surface area contributed by atoms with Crippen molar-refractivity contribution < 1.29 is 9.59 Å². The molecule has 142 valence electrons. The molecule has 2 aliphatic rings. The summed E-state index contributed by atoms with van der Waals surface area (Å²) in [5.41, 5.74) is 1.51. The van der Waals surface area contributed by atoms with Gasteiger partial charge in [0.25, 0.3) is 0 Å². The smallest absolute Gasteiger partial charge is 0.245 e. The van der Waals surface area contributed by atoms with E-state index in [-0.39, 0.29) is 18.4 Å². The van der Waals surface area contributed by atoms with Gasteiger partial charge in [-0.1, -0.05) is 0 Å². The fraction of sp³-hybridized carbons (Fsp3) is 0.333. The molecule has 5 heterocycles. The standard InChI is InChI=1S/C18H18N8O2/c1-24-16-12(8-21-24)17(23-15(22-16)11-3-2-4-19-7-11)25-5-6-26-13(10-25)18(28)20-9-14(26)27/h2-4,7-8,13H,5-6,9-10H2,1H3,(H,20,28)/t13-/m1/s1. The fourth-order valence-electron chi connectivity index (χ4n) is 3.75. The number of aromatic nitrogens is 5. The van der Waals surface area contributed by atoms with Crippen molar-refractivity contribution in [1.29, 1.82) is 0 Å². The van der Waals surface area contributed by atoms with Crippen LogP contribution in [0.15, 0.2) is 30.7 Å². The monoisotopic (exact) mass is 378 g/mol. The number of nitrogens with one attached hydrogen (secondary N) is 1. The molecule has 10 heteroatoms. The summed E-state index contributed by atoms with van der Waals surface area (Å²) in [6.07, 6.45) is 5.15. The summed E-state index contributed by atoms with van der Waals surface area (Å²) in [7, 11) is 1.83. The van der Waals surface area contributed by atoms with Crippen LogP contribution in [0.1, 0.15) is 0 Å². The van der Waals surface area contributed by atoms with Gasteiger partial charge in [-0.15, -0.1) is 0 Å². The Hall–Kier alpha value is -3.56. The summed E-state index contributed by atoms with van der Waals surface area (Å²) >= 11 is 0. The largest absolute Gasteiger partial charge is 0.351 e. The van der Waals surface area contributed by atoms with Crippen LogP contribution in [-0.4, -0.2) is 73.7 Å². The first-order chi connectivity index (χ1) is 13.6. The van der Waals surface area contributed by atoms with Gasteiger partial charge in [0.1, 0.15) is 11.9 Å². The average Bonchev–Trinajstić information content (AvgIpc) is 3.11. The summed E-state index contributed by atoms with van der Waals surface area (Å²) in [6, 6.07) is 3.22. The van der Waals surface area contributed by atoms with E-state index in [0.29, 0.717) is 36.9 Å². The van der Waals surface area contributed by atoms with Crippen molar-refractivity contribution in [1.82, 2.24) is 34.9 Å². The number of carbonyl (C=O) groups excluding carboxylic acids is 2. The number of hydrogen-bond acceptors (Lipinski definition) is 7. The van der Waals surface area contributed by atoms with Crippen LogP contribution in [0.2, 0.25) is 0 Å². The van der Waals surface area contributed by atoms with E-state index in [1.807, 2.05) is 24.1 Å². The van der Waals surface area contributed by atoms with Crippen LogP contribution >= 0.6 is 0 Å². The van der Waals surface area contributed by atoms with Gasteiger partial charge in [-0.3, -0.25) is 19.3 Å². The Labute approximate surface area is 160 Å². The highest BCUT2D eigenvalue weighted by Crippen LogP contribution is 2.29. The summed E-state index contributed by atoms with van der Waals surface area (Å²) < 4.78 is 1.70. The van der Waals surface area contributed by atoms with E-state index in [9.17, 15) is 9.59 Å². The molecule has 2 saturated heterocycles. The number of carbonyl (C=O) groups is 2. The first-order valence-corrected chi connectivity index (χ1v) is 9.04. The van der Waals surface area contributed by atoms with Crippen molar-refractivity contribution in [3.05, 3.63) is 30.7 Å². The molecule has 0 spiro atoms. The van der Waals surface area contributed by atoms with Gasteiger partial charge in [0, 0.05) is 44.6 Å². The van der Waals surface area contributed by atoms with Crippen LogP contribution in [0, 0.1) is 0 Å². The van der Waals surface area contributed by atoms with Gasteiger partial charge in [-0.25, -0.2) is 9.97 Å². The second-order valence-electron chi connectivity index (χ2n) is 6.88. The average molecular weight is 378 g/mol. The van der Waals surface area contributed by atoms with Gasteiger partial charge < -0.3 is 15.1 Å². The van der Waals surface area contributed by atoms with Gasteiger partial charge in [-0.05, 0) is 12.1 Å². The second-order valence-corrected chi connectivity index (χ2v) is 6.88. The van der Waals surface area contributed by atoms with Crippen LogP contribution in [0.5, 0.6) is 0 Å². The lowest BCUT2D eigenvalue weighted by Crippen LogP contribution is -2.66. The third kappa shape index (κ3) is 2.56. The minimum Gasteiger partial charge on any atom is -0.351 e. The number of amides is 2. The Morgan fingerprint density at radius 1 is 1.18 bits per heavy atom. The Morgan fingerprint density at radius 3 is 2.89 bits per heavy atom. The Balaban J connectivity index is 1.59. The van der Waals surface area contributed by atoms with Gasteiger partial charge in [0.2, 0.25) is 11.8 Å². The Bertz CT molecular complexity index is 1080. The molecule has 2 fully saturated rings. The predicted molar refractivity (Wildman–Crippen MR) is 100 cm³/mol. The number of anilines is 1. The van der Waals surface area contributed by atoms with Gasteiger partial charge >= 0.3 is 0 Å². The third-order valence-corrected chi connectivity index (χ3v) is 5.21. The van der Waals surface area contributed by atoms with E-state index in [1.165, 1.54) is 0 Å². The van der Waals surface area contributed by atoms with Crippen molar-refractivity contribution in [2.45, 2.75) is 6.04 Å². The maximum absolute atomic E-state index is 12.3. The van der Waals surface area contributed by atoms with Crippen molar-refractivity contribution in [3.63, 3.8) is 0 Å². The van der Waals surface area contributed by atoms with Gasteiger partial charge in [0.05, 0.1) is 18.1 Å². The molecule has 2 aliphatic heterocycles. The van der Waals surface area contributed by atoms with Crippen LogP contribution < -0.4 is 10.2 Å². The maximum Gasteiger partial charge on any atom is 0.245 e. The number of rotatable bonds is 2. The first-order valence-electron chi connectivity index (χ1n) is 9.04. The molecule has 3 aromatic heterocycles. The molecular weight excluding hydrogens is 360 g/mol. The Morgan fingerprint density at radius 2 is 2.07 bits per heavy atom. The molecule has 10 nitrogen and oxygen atoms in total. The number of fused-ring (bicyclic) bond motifs is 2. The number of aryl methyl sites for hydroxylation is 1. The fourth-order valence-corrected chi connectivity index (χ4v) is 3.75. The molecule has 0 unspecified atom stereocenters. The van der Waals surface area contributed by atoms with Crippen LogP contribution in [-0.2, 0) is 16.6 Å². The lowest BCUT2D eigenvalue weighted by atomic mass is 10.1. The zero-order valence-electron chi connectivity index (χ0n) is 15.2. The highest BCUT2D eigenvalue weighted by molar-refractivity contribution is 5.96. The first kappa shape index (κ1) is 16.6. The molecule has 0 bridgehead atoms. The number of hydrogen-bond donors (Lipinski definition) is 1. The highest BCUT2D eigenvalue weighted by Gasteiger charge is 2.39. The van der Waals surface area contributed by atoms with E-state index in [0.717, 1.165) is 10.9 Å². The van der Waals surface area contributed by atoms with E-state index < -0.39 is 6.04 Å². The lowest BCUT2D eigenvalue weighted by Gasteiger charge is -2.43. The summed E-state index contributed by atoms with van der Waals surface area (Å²) in [6.45, 7) is 1.51. The summed E-state index contributed by atoms with van der Waals surface area (Å²) in [5, 5.41) is 7.80. The lowest BCUT2D eigenvalue weighted by molar-refractivity contribution is -0.146. The summed E-state index contributed by atoms with van der Waals surface area (Å²) in [4.78, 5) is 41.7. The van der Waals surface area contributed by atoms with Crippen molar-refractivity contribution in [2.24, 2.45) is 7.05 Å². The Kier molecular flexibility index (Phi) is 3.71. The molecule has 2 amide bonds. The number of nitrogens with zero attached hydrogens (tertiary/aromatic N) is 7. The zero-order valence-corrected chi connectivity index (χ0v) is 15.2. The molecule has 5 rings (SSSR count). The molecule has 1 atom stereocenters. The molecule has 0 radical (unpaired) electrons. The maximum atomic E-state index is 12.3. The van der Waals surface area contributed by atoms with E-state index in [2.05, 4.69) is 20.4 Å². The van der Waals surface area contributed by atoms with Crippen LogP contribution in [0.25, 0.3) is 22.4 Å². The minimum atomic E-state index is -0.515. The molecule has 1 N–H and O–H groups in total. The van der Waals surface area contributed by atoms with Gasteiger partial charge in [0.15, 0.2) is 11.5 Å². The normalized spacial score (nSPS) is 19.7. The SMILES string of the molecule is Cn1ncc2c(N3CCN4C(=O)CNC(=O)[C@H]4C3)nc(-c3cccnc3)nc21. The molecule has 28 heavy (non-hydrogen) atoms. The van der Waals surface area contributed by atoms with Crippen molar-refractivity contribution in [3.8, 4) is 11.4 Å². The van der Waals surface area contributed by atoms with E-state index in [1.54, 1.807) is 28.2 Å². The summed E-state index contributed by atoms with van der Waals surface area (Å²) in [5.74, 6) is 1.08. The number of pyridine rings is 1. The molecule has 0 aromatic carbocycles. The number of piperazine rings is 2. The topological polar surface area (TPSA) is 109 Å². The third-order valence-electron chi connectivity index (χ3n) is 5.21. The predicted octanol–water partition coefficient (Wildman–Crippen LogP) is -0.428. The van der Waals surface area contributed by atoms with Crippen molar-refractivity contribution in [2.75, 3.05) is 31.1 Å². The molecule has 0 aliphatic carbocycles. The quantitative estimate of drug-likeness (QED) is 0.645. The second kappa shape index (κ2) is 6.25. The van der Waals surface area contributed by atoms with E-state index >= 15 is 0 Å². The van der Waals surface area contributed by atoms with Crippen LogP contribution in [0.4, 0.5) is 5.82 Å². The molecule has 3 aromatic rings. The minimum absolute atomic E-state index is 0.0467. The highest BCUT2D eigenvalue weighted by atomic mass is 16.2. The zero-order chi connectivity index (χ0) is 19.3. The molecular formula is C18H18N8O2. The van der Waals surface area contributed by atoms with Crippen molar-refractivity contribution >= 4 is 28.7 Å². The molecule has 0 saturated carbocycles.